The van der Waals surface area contributed by atoms with Gasteiger partial charge in [-0.3, -0.25) is 4.79 Å². The minimum atomic E-state index is -4.42. The van der Waals surface area contributed by atoms with Gasteiger partial charge in [-0.25, -0.2) is 14.8 Å². The molecule has 1 heterocycles. The Hall–Kier alpha value is -3.95. The molecule has 0 radical (unpaired) electrons. The highest BCUT2D eigenvalue weighted by molar-refractivity contribution is 5.95. The second-order valence-electron chi connectivity index (χ2n) is 10.9. The van der Waals surface area contributed by atoms with Gasteiger partial charge in [0.25, 0.3) is 5.91 Å². The molecule has 3 aromatic rings. The molecule has 218 valence electrons. The maximum absolute atomic E-state index is 13.2. The Bertz CT molecular complexity index is 1420. The van der Waals surface area contributed by atoms with Crippen LogP contribution >= 0.6 is 0 Å². The van der Waals surface area contributed by atoms with Crippen molar-refractivity contribution in [3.63, 3.8) is 0 Å². The van der Waals surface area contributed by atoms with Gasteiger partial charge < -0.3 is 14.8 Å². The summed E-state index contributed by atoms with van der Waals surface area (Å²) in [4.78, 5) is 34.3. The van der Waals surface area contributed by atoms with Crippen LogP contribution in [-0.2, 0) is 22.1 Å². The second kappa shape index (κ2) is 11.9. The molecule has 1 amide bonds. The largest absolute Gasteiger partial charge is 0.476 e. The molecule has 7 nitrogen and oxygen atoms in total. The minimum Gasteiger partial charge on any atom is -0.476 e. The van der Waals surface area contributed by atoms with Crippen molar-refractivity contribution < 1.29 is 32.2 Å². The number of rotatable bonds is 10. The molecule has 1 aromatic heterocycles. The maximum atomic E-state index is 13.2. The monoisotopic (exact) mass is 569 g/mol. The van der Waals surface area contributed by atoms with Gasteiger partial charge in [-0.1, -0.05) is 24.3 Å². The third-order valence-corrected chi connectivity index (χ3v) is 6.79. The Labute approximate surface area is 237 Å². The fourth-order valence-corrected chi connectivity index (χ4v) is 4.47. The van der Waals surface area contributed by atoms with Crippen molar-refractivity contribution >= 4 is 11.9 Å². The van der Waals surface area contributed by atoms with Gasteiger partial charge >= 0.3 is 12.1 Å². The number of ether oxygens (including phenoxy) is 2. The highest BCUT2D eigenvalue weighted by atomic mass is 19.4. The van der Waals surface area contributed by atoms with Crippen molar-refractivity contribution in [3.05, 3.63) is 76.6 Å². The number of hydrogen-bond donors (Lipinski definition) is 1. The molecule has 1 aliphatic rings. The van der Waals surface area contributed by atoms with Gasteiger partial charge in [-0.05, 0) is 83.2 Å². The summed E-state index contributed by atoms with van der Waals surface area (Å²) in [6.45, 7) is 9.12. The minimum absolute atomic E-state index is 0.122. The van der Waals surface area contributed by atoms with Gasteiger partial charge in [0.1, 0.15) is 5.75 Å². The molecule has 10 heteroatoms. The SMILES string of the molecule is CCOC(=O)C(C)(C)Oc1ccc(CC(C)NC(=O)c2cnc(-c3ccc(C(F)(F)F)cc3)nc2C2CC2)cc1C. The van der Waals surface area contributed by atoms with Crippen LogP contribution in [0.2, 0.25) is 0 Å². The van der Waals surface area contributed by atoms with Crippen LogP contribution in [0.25, 0.3) is 11.4 Å². The van der Waals surface area contributed by atoms with E-state index < -0.39 is 23.3 Å². The van der Waals surface area contributed by atoms with Gasteiger partial charge in [0.05, 0.1) is 23.4 Å². The number of carbonyl (C=O) groups excluding carboxylic acids is 2. The van der Waals surface area contributed by atoms with Crippen LogP contribution in [0.4, 0.5) is 13.2 Å². The number of benzene rings is 2. The van der Waals surface area contributed by atoms with E-state index in [1.54, 1.807) is 26.8 Å². The number of halogens is 3. The topological polar surface area (TPSA) is 90.4 Å². The number of aryl methyl sites for hydroxylation is 1. The lowest BCUT2D eigenvalue weighted by Gasteiger charge is -2.25. The fraction of sp³-hybridized carbons (Fsp3) is 0.419. The van der Waals surface area contributed by atoms with Crippen LogP contribution in [0.3, 0.4) is 0 Å². The molecular weight excluding hydrogens is 535 g/mol. The van der Waals surface area contributed by atoms with Crippen molar-refractivity contribution in [1.82, 2.24) is 15.3 Å². The number of alkyl halides is 3. The predicted octanol–water partition coefficient (Wildman–Crippen LogP) is 6.43. The van der Waals surface area contributed by atoms with E-state index in [1.807, 2.05) is 26.0 Å². The summed E-state index contributed by atoms with van der Waals surface area (Å²) in [5, 5.41) is 3.02. The van der Waals surface area contributed by atoms with Crippen LogP contribution in [0.1, 0.15) is 79.2 Å². The Kier molecular flexibility index (Phi) is 8.70. The first-order valence-corrected chi connectivity index (χ1v) is 13.6. The number of amides is 1. The molecule has 2 aromatic carbocycles. The second-order valence-corrected chi connectivity index (χ2v) is 10.9. The molecule has 0 bridgehead atoms. The Morgan fingerprint density at radius 2 is 1.78 bits per heavy atom. The van der Waals surface area contributed by atoms with Gasteiger partial charge in [0.2, 0.25) is 0 Å². The summed E-state index contributed by atoms with van der Waals surface area (Å²) in [5.41, 5.74) is 1.39. The smallest absolute Gasteiger partial charge is 0.416 e. The predicted molar refractivity (Wildman–Crippen MR) is 148 cm³/mol. The number of carbonyl (C=O) groups is 2. The zero-order valence-electron chi connectivity index (χ0n) is 23.8. The average Bonchev–Trinajstić information content (AvgIpc) is 3.75. The lowest BCUT2D eigenvalue weighted by molar-refractivity contribution is -0.158. The van der Waals surface area contributed by atoms with Crippen molar-refractivity contribution in [1.29, 1.82) is 0 Å². The summed E-state index contributed by atoms with van der Waals surface area (Å²) >= 11 is 0. The lowest BCUT2D eigenvalue weighted by Crippen LogP contribution is -2.40. The quantitative estimate of drug-likeness (QED) is 0.283. The van der Waals surface area contributed by atoms with Crippen molar-refractivity contribution in [2.24, 2.45) is 0 Å². The van der Waals surface area contributed by atoms with Gasteiger partial charge in [-0.15, -0.1) is 0 Å². The van der Waals surface area contributed by atoms with E-state index in [0.717, 1.165) is 36.1 Å². The van der Waals surface area contributed by atoms with Crippen molar-refractivity contribution in [2.45, 2.75) is 77.6 Å². The number of nitrogens with zero attached hydrogens (tertiary/aromatic N) is 2. The molecule has 41 heavy (non-hydrogen) atoms. The summed E-state index contributed by atoms with van der Waals surface area (Å²) in [6.07, 6.45) is -0.638. The number of hydrogen-bond acceptors (Lipinski definition) is 6. The molecule has 1 fully saturated rings. The van der Waals surface area contributed by atoms with Crippen LogP contribution in [0.5, 0.6) is 5.75 Å². The average molecular weight is 570 g/mol. The van der Waals surface area contributed by atoms with Crippen molar-refractivity contribution in [3.8, 4) is 17.1 Å². The van der Waals surface area contributed by atoms with E-state index in [-0.39, 0.29) is 30.3 Å². The molecule has 4 rings (SSSR count). The van der Waals surface area contributed by atoms with Crippen LogP contribution in [0.15, 0.2) is 48.7 Å². The molecule has 1 saturated carbocycles. The first kappa shape index (κ1) is 30.0. The molecule has 1 atom stereocenters. The summed E-state index contributed by atoms with van der Waals surface area (Å²) in [5.74, 6) is 0.237. The fourth-order valence-electron chi connectivity index (χ4n) is 4.47. The Balaban J connectivity index is 1.43. The summed E-state index contributed by atoms with van der Waals surface area (Å²) < 4.78 is 49.8. The van der Waals surface area contributed by atoms with E-state index in [4.69, 9.17) is 9.47 Å². The lowest BCUT2D eigenvalue weighted by atomic mass is 10.0. The van der Waals surface area contributed by atoms with E-state index in [1.165, 1.54) is 18.3 Å². The van der Waals surface area contributed by atoms with Crippen LogP contribution < -0.4 is 10.1 Å². The zero-order valence-corrected chi connectivity index (χ0v) is 23.8. The van der Waals surface area contributed by atoms with Crippen LogP contribution in [0, 0.1) is 6.92 Å². The van der Waals surface area contributed by atoms with Gasteiger partial charge in [-0.2, -0.15) is 13.2 Å². The molecule has 0 spiro atoms. The van der Waals surface area contributed by atoms with Gasteiger partial charge in [0.15, 0.2) is 11.4 Å². The number of nitrogens with one attached hydrogen (secondary N) is 1. The van der Waals surface area contributed by atoms with Crippen LogP contribution in [-0.4, -0.2) is 40.1 Å². The van der Waals surface area contributed by atoms with E-state index in [2.05, 4.69) is 15.3 Å². The third kappa shape index (κ3) is 7.42. The number of esters is 1. The number of aromatic nitrogens is 2. The normalized spacial score (nSPS) is 14.3. The van der Waals surface area contributed by atoms with Crippen molar-refractivity contribution in [2.75, 3.05) is 6.61 Å². The zero-order chi connectivity index (χ0) is 29.9. The van der Waals surface area contributed by atoms with Gasteiger partial charge in [0, 0.05) is 23.7 Å². The highest BCUT2D eigenvalue weighted by Crippen LogP contribution is 2.41. The molecule has 0 saturated heterocycles. The molecule has 1 unspecified atom stereocenters. The van der Waals surface area contributed by atoms with E-state index in [9.17, 15) is 22.8 Å². The molecular formula is C31H34F3N3O4. The first-order valence-electron chi connectivity index (χ1n) is 13.6. The molecule has 1 aliphatic carbocycles. The molecule has 1 N–H and O–H groups in total. The van der Waals surface area contributed by atoms with E-state index in [0.29, 0.717) is 29.0 Å². The summed E-state index contributed by atoms with van der Waals surface area (Å²) in [7, 11) is 0. The standard InChI is InChI=1S/C31H34F3N3O4/c1-6-40-29(39)30(4,5)41-25-14-7-20(15-18(25)2)16-19(3)36-28(38)24-17-35-27(37-26(24)21-8-9-21)22-10-12-23(13-11-22)31(32,33)34/h7,10-15,17,19,21H,6,8-9,16H2,1-5H3,(H,36,38). The van der Waals surface area contributed by atoms with E-state index >= 15 is 0 Å². The molecule has 0 aliphatic heterocycles. The maximum Gasteiger partial charge on any atom is 0.416 e. The Morgan fingerprint density at radius 3 is 2.37 bits per heavy atom. The Morgan fingerprint density at radius 1 is 1.10 bits per heavy atom. The first-order chi connectivity index (χ1) is 19.3. The third-order valence-electron chi connectivity index (χ3n) is 6.79. The summed E-state index contributed by atoms with van der Waals surface area (Å²) in [6, 6.07) is 10.1. The highest BCUT2D eigenvalue weighted by Gasteiger charge is 2.33.